The zero-order valence-corrected chi connectivity index (χ0v) is 6.95. The van der Waals surface area contributed by atoms with Crippen molar-refractivity contribution in [3.63, 3.8) is 0 Å². The SMILES string of the molecule is O=C1OC(=O)C2=C1[C@@H]1C=C[C@@H]2CC1. The molecule has 2 atom stereocenters. The molecule has 4 aliphatic rings. The van der Waals surface area contributed by atoms with Crippen LogP contribution in [0.15, 0.2) is 23.3 Å². The summed E-state index contributed by atoms with van der Waals surface area (Å²) < 4.78 is 4.60. The Kier molecular flexibility index (Phi) is 1.14. The molecule has 0 unspecified atom stereocenters. The van der Waals surface area contributed by atoms with E-state index in [0.29, 0.717) is 11.1 Å². The van der Waals surface area contributed by atoms with Crippen LogP contribution in [0.2, 0.25) is 0 Å². The lowest BCUT2D eigenvalue weighted by molar-refractivity contribution is -0.151. The molecule has 13 heavy (non-hydrogen) atoms. The number of allylic oxidation sites excluding steroid dienone is 2. The van der Waals surface area contributed by atoms with Gasteiger partial charge < -0.3 is 4.74 Å². The number of fused-ring (bicyclic) bond motifs is 1. The molecule has 3 heteroatoms. The van der Waals surface area contributed by atoms with Crippen molar-refractivity contribution in [1.82, 2.24) is 0 Å². The van der Waals surface area contributed by atoms with Crippen LogP contribution in [0.3, 0.4) is 0 Å². The third-order valence-electron chi connectivity index (χ3n) is 3.02. The first-order valence-electron chi connectivity index (χ1n) is 4.46. The second kappa shape index (κ2) is 2.10. The van der Waals surface area contributed by atoms with Crippen molar-refractivity contribution in [2.45, 2.75) is 12.8 Å². The molecule has 0 aromatic heterocycles. The minimum absolute atomic E-state index is 0.138. The minimum atomic E-state index is -0.418. The zero-order chi connectivity index (χ0) is 9.00. The average Bonchev–Trinajstić information content (AvgIpc) is 2.47. The Labute approximate surface area is 75.1 Å². The molecule has 0 radical (unpaired) electrons. The molecule has 0 aromatic carbocycles. The Hall–Kier alpha value is -1.38. The first kappa shape index (κ1) is 7.06. The van der Waals surface area contributed by atoms with Crippen LogP contribution in [0.1, 0.15) is 12.8 Å². The zero-order valence-electron chi connectivity index (χ0n) is 6.95. The van der Waals surface area contributed by atoms with Gasteiger partial charge >= 0.3 is 11.9 Å². The smallest absolute Gasteiger partial charge is 0.343 e. The molecule has 1 aliphatic heterocycles. The highest BCUT2D eigenvalue weighted by Gasteiger charge is 2.44. The molecule has 0 amide bonds. The van der Waals surface area contributed by atoms with Crippen LogP contribution in [0.4, 0.5) is 0 Å². The molecule has 3 aliphatic carbocycles. The van der Waals surface area contributed by atoms with E-state index in [1.54, 1.807) is 0 Å². The van der Waals surface area contributed by atoms with Crippen LogP contribution in [-0.4, -0.2) is 11.9 Å². The fourth-order valence-electron chi connectivity index (χ4n) is 2.42. The highest BCUT2D eigenvalue weighted by atomic mass is 16.6. The van der Waals surface area contributed by atoms with E-state index in [2.05, 4.69) is 4.74 Å². The summed E-state index contributed by atoms with van der Waals surface area (Å²) in [5.74, 6) is -0.559. The Morgan fingerprint density at radius 3 is 1.85 bits per heavy atom. The van der Waals surface area contributed by atoms with Gasteiger partial charge in [-0.1, -0.05) is 12.2 Å². The molecule has 0 aromatic rings. The van der Waals surface area contributed by atoms with Gasteiger partial charge in [-0.25, -0.2) is 9.59 Å². The molecule has 0 saturated heterocycles. The molecule has 2 bridgehead atoms. The van der Waals surface area contributed by atoms with Crippen LogP contribution < -0.4 is 0 Å². The van der Waals surface area contributed by atoms with E-state index in [4.69, 9.17) is 0 Å². The summed E-state index contributed by atoms with van der Waals surface area (Å²) >= 11 is 0. The largest absolute Gasteiger partial charge is 0.386 e. The summed E-state index contributed by atoms with van der Waals surface area (Å²) in [6.07, 6.45) is 5.99. The van der Waals surface area contributed by atoms with Gasteiger partial charge in [0.05, 0.1) is 11.1 Å². The maximum absolute atomic E-state index is 11.3. The summed E-state index contributed by atoms with van der Waals surface area (Å²) in [4.78, 5) is 22.5. The minimum Gasteiger partial charge on any atom is -0.386 e. The van der Waals surface area contributed by atoms with E-state index in [-0.39, 0.29) is 11.8 Å². The highest BCUT2D eigenvalue weighted by Crippen LogP contribution is 2.44. The fraction of sp³-hybridized carbons (Fsp3) is 0.400. The number of esters is 2. The van der Waals surface area contributed by atoms with Crippen molar-refractivity contribution in [3.8, 4) is 0 Å². The molecule has 0 spiro atoms. The number of ether oxygens (including phenoxy) is 1. The summed E-state index contributed by atoms with van der Waals surface area (Å²) in [7, 11) is 0. The van der Waals surface area contributed by atoms with Crippen molar-refractivity contribution in [3.05, 3.63) is 23.3 Å². The first-order chi connectivity index (χ1) is 6.27. The van der Waals surface area contributed by atoms with Gasteiger partial charge in [0.2, 0.25) is 0 Å². The van der Waals surface area contributed by atoms with Crippen molar-refractivity contribution in [2.24, 2.45) is 11.8 Å². The standard InChI is InChI=1S/C10H8O3/c11-9-7-5-1-2-6(4-3-5)8(7)10(12)13-9/h1-2,5-6H,3-4H2/t5-,6-/m1/s1. The van der Waals surface area contributed by atoms with Gasteiger partial charge in [-0.15, -0.1) is 0 Å². The Morgan fingerprint density at radius 2 is 1.46 bits per heavy atom. The second-order valence-corrected chi connectivity index (χ2v) is 3.68. The van der Waals surface area contributed by atoms with Gasteiger partial charge in [-0.3, -0.25) is 0 Å². The monoisotopic (exact) mass is 176 g/mol. The molecule has 0 fully saturated rings. The fourth-order valence-corrected chi connectivity index (χ4v) is 2.42. The van der Waals surface area contributed by atoms with Crippen molar-refractivity contribution in [2.75, 3.05) is 0 Å². The molecule has 1 heterocycles. The number of cyclic esters (lactones) is 2. The predicted octanol–water partition coefficient (Wildman–Crippen LogP) is 0.962. The number of carbonyl (C=O) groups excluding carboxylic acids is 2. The van der Waals surface area contributed by atoms with Gasteiger partial charge in [0.1, 0.15) is 0 Å². The lowest BCUT2D eigenvalue weighted by Gasteiger charge is -2.28. The maximum Gasteiger partial charge on any atom is 0.343 e. The molecular weight excluding hydrogens is 168 g/mol. The number of rotatable bonds is 0. The normalized spacial score (nSPS) is 35.4. The topological polar surface area (TPSA) is 43.4 Å². The van der Waals surface area contributed by atoms with Gasteiger partial charge in [-0.05, 0) is 12.8 Å². The molecule has 3 nitrogen and oxygen atoms in total. The summed E-state index contributed by atoms with van der Waals surface area (Å²) in [6.45, 7) is 0. The quantitative estimate of drug-likeness (QED) is 0.313. The number of carbonyl (C=O) groups is 2. The van der Waals surface area contributed by atoms with Gasteiger partial charge in [0.15, 0.2) is 0 Å². The number of hydrogen-bond acceptors (Lipinski definition) is 3. The molecule has 0 N–H and O–H groups in total. The third kappa shape index (κ3) is 0.742. The third-order valence-corrected chi connectivity index (χ3v) is 3.02. The van der Waals surface area contributed by atoms with E-state index in [1.165, 1.54) is 0 Å². The highest BCUT2D eigenvalue weighted by molar-refractivity contribution is 6.13. The van der Waals surface area contributed by atoms with Crippen molar-refractivity contribution in [1.29, 1.82) is 0 Å². The molecular formula is C10H8O3. The Morgan fingerprint density at radius 1 is 1.00 bits per heavy atom. The van der Waals surface area contributed by atoms with Crippen LogP contribution in [0.5, 0.6) is 0 Å². The van der Waals surface area contributed by atoms with E-state index in [1.807, 2.05) is 12.2 Å². The van der Waals surface area contributed by atoms with Crippen LogP contribution >= 0.6 is 0 Å². The second-order valence-electron chi connectivity index (χ2n) is 3.68. The van der Waals surface area contributed by atoms with Crippen LogP contribution in [0, 0.1) is 11.8 Å². The van der Waals surface area contributed by atoms with E-state index >= 15 is 0 Å². The van der Waals surface area contributed by atoms with Gasteiger partial charge in [0, 0.05) is 11.8 Å². The van der Waals surface area contributed by atoms with Crippen LogP contribution in [-0.2, 0) is 14.3 Å². The number of hydrogen-bond donors (Lipinski definition) is 0. The predicted molar refractivity (Wildman–Crippen MR) is 43.5 cm³/mol. The summed E-state index contributed by atoms with van der Waals surface area (Å²) in [6, 6.07) is 0. The van der Waals surface area contributed by atoms with Gasteiger partial charge in [-0.2, -0.15) is 0 Å². The average molecular weight is 176 g/mol. The van der Waals surface area contributed by atoms with Crippen molar-refractivity contribution < 1.29 is 14.3 Å². The lowest BCUT2D eigenvalue weighted by atomic mass is 9.72. The maximum atomic E-state index is 11.3. The van der Waals surface area contributed by atoms with E-state index < -0.39 is 11.9 Å². The molecule has 66 valence electrons. The van der Waals surface area contributed by atoms with Crippen molar-refractivity contribution >= 4 is 11.9 Å². The summed E-state index contributed by atoms with van der Waals surface area (Å²) in [5.41, 5.74) is 1.26. The molecule has 0 saturated carbocycles. The van der Waals surface area contributed by atoms with Gasteiger partial charge in [0.25, 0.3) is 0 Å². The van der Waals surface area contributed by atoms with E-state index in [9.17, 15) is 9.59 Å². The Bertz CT molecular complexity index is 342. The Balaban J connectivity index is 2.19. The van der Waals surface area contributed by atoms with Crippen LogP contribution in [0.25, 0.3) is 0 Å². The van der Waals surface area contributed by atoms with E-state index in [0.717, 1.165) is 12.8 Å². The summed E-state index contributed by atoms with van der Waals surface area (Å²) in [5, 5.41) is 0. The lowest BCUT2D eigenvalue weighted by Crippen LogP contribution is -2.23. The molecule has 4 rings (SSSR count). The first-order valence-corrected chi connectivity index (χ1v) is 4.46.